The highest BCUT2D eigenvalue weighted by Gasteiger charge is 2.41. The van der Waals surface area contributed by atoms with Gasteiger partial charge < -0.3 is 9.64 Å². The van der Waals surface area contributed by atoms with Gasteiger partial charge in [0.1, 0.15) is 5.60 Å². The van der Waals surface area contributed by atoms with Crippen molar-refractivity contribution in [3.8, 4) is 0 Å². The average Bonchev–Trinajstić information content (AvgIpc) is 2.86. The molecule has 1 atom stereocenters. The Labute approximate surface area is 96.6 Å². The first-order chi connectivity index (χ1) is 7.75. The normalized spacial score (nSPS) is 29.7. The summed E-state index contributed by atoms with van der Waals surface area (Å²) in [6.45, 7) is 7.49. The van der Waals surface area contributed by atoms with Gasteiger partial charge in [-0.25, -0.2) is 0 Å². The molecule has 0 bridgehead atoms. The molecule has 2 saturated heterocycles. The zero-order chi connectivity index (χ0) is 11.0. The number of hydrogen-bond donors (Lipinski definition) is 0. The molecule has 2 aliphatic heterocycles. The van der Waals surface area contributed by atoms with Crippen molar-refractivity contribution >= 4 is 5.69 Å². The molecule has 3 heteroatoms. The lowest BCUT2D eigenvalue weighted by Gasteiger charge is -2.21. The highest BCUT2D eigenvalue weighted by molar-refractivity contribution is 5.46. The molecule has 0 radical (unpaired) electrons. The average molecular weight is 218 g/mol. The van der Waals surface area contributed by atoms with Crippen molar-refractivity contribution in [3.05, 3.63) is 30.3 Å². The Hall–Kier alpha value is -1.06. The van der Waals surface area contributed by atoms with E-state index >= 15 is 0 Å². The maximum atomic E-state index is 5.44. The molecular formula is C13H18N2O. The lowest BCUT2D eigenvalue weighted by Crippen LogP contribution is -2.33. The molecule has 2 fully saturated rings. The van der Waals surface area contributed by atoms with Crippen LogP contribution in [0.1, 0.15) is 6.92 Å². The molecule has 0 saturated carbocycles. The molecule has 1 unspecified atom stereocenters. The van der Waals surface area contributed by atoms with Crippen molar-refractivity contribution in [1.82, 2.24) is 4.90 Å². The highest BCUT2D eigenvalue weighted by Crippen LogP contribution is 2.28. The predicted molar refractivity (Wildman–Crippen MR) is 64.6 cm³/mol. The molecule has 0 amide bonds. The lowest BCUT2D eigenvalue weighted by atomic mass is 10.2. The van der Waals surface area contributed by atoms with E-state index in [-0.39, 0.29) is 5.60 Å². The van der Waals surface area contributed by atoms with Gasteiger partial charge in [0.05, 0.1) is 13.3 Å². The number of hydrogen-bond acceptors (Lipinski definition) is 3. The Morgan fingerprint density at radius 2 is 2.00 bits per heavy atom. The predicted octanol–water partition coefficient (Wildman–Crippen LogP) is 1.56. The summed E-state index contributed by atoms with van der Waals surface area (Å²) in [7, 11) is 0. The third-order valence-electron chi connectivity index (χ3n) is 3.37. The maximum Gasteiger partial charge on any atom is 0.101 e. The fourth-order valence-corrected chi connectivity index (χ4v) is 2.31. The monoisotopic (exact) mass is 218 g/mol. The van der Waals surface area contributed by atoms with Crippen LogP contribution in [0.4, 0.5) is 5.69 Å². The van der Waals surface area contributed by atoms with Crippen molar-refractivity contribution in [2.75, 3.05) is 37.8 Å². The van der Waals surface area contributed by atoms with Crippen LogP contribution in [0.25, 0.3) is 0 Å². The minimum atomic E-state index is 0.146. The SMILES string of the molecule is CC1(CN2CCN(c3ccccc3)C2)CO1. The van der Waals surface area contributed by atoms with Crippen LogP contribution < -0.4 is 4.90 Å². The zero-order valence-corrected chi connectivity index (χ0v) is 9.72. The molecule has 1 aromatic rings. The summed E-state index contributed by atoms with van der Waals surface area (Å²) in [6.07, 6.45) is 0. The standard InChI is InChI=1S/C13H18N2O/c1-13(10-16-13)9-14-7-8-15(11-14)12-5-3-2-4-6-12/h2-6H,7-11H2,1H3. The topological polar surface area (TPSA) is 19.0 Å². The first-order valence-corrected chi connectivity index (χ1v) is 5.92. The number of ether oxygens (including phenoxy) is 1. The molecule has 2 aliphatic rings. The summed E-state index contributed by atoms with van der Waals surface area (Å²) in [6, 6.07) is 10.6. The number of benzene rings is 1. The van der Waals surface area contributed by atoms with Gasteiger partial charge in [-0.05, 0) is 19.1 Å². The van der Waals surface area contributed by atoms with Crippen molar-refractivity contribution in [1.29, 1.82) is 0 Å². The first kappa shape index (κ1) is 10.1. The third-order valence-corrected chi connectivity index (χ3v) is 3.37. The molecule has 0 aliphatic carbocycles. The molecule has 3 rings (SSSR count). The van der Waals surface area contributed by atoms with E-state index in [0.29, 0.717) is 0 Å². The smallest absolute Gasteiger partial charge is 0.101 e. The van der Waals surface area contributed by atoms with E-state index in [1.165, 1.54) is 5.69 Å². The van der Waals surface area contributed by atoms with Crippen LogP contribution in [-0.2, 0) is 4.74 Å². The second-order valence-electron chi connectivity index (χ2n) is 5.03. The number of rotatable bonds is 3. The summed E-state index contributed by atoms with van der Waals surface area (Å²) in [5.41, 5.74) is 1.47. The Balaban J connectivity index is 1.60. The van der Waals surface area contributed by atoms with Gasteiger partial charge in [0, 0.05) is 25.3 Å². The van der Waals surface area contributed by atoms with E-state index in [4.69, 9.17) is 4.74 Å². The Morgan fingerprint density at radius 3 is 2.69 bits per heavy atom. The van der Waals surface area contributed by atoms with Gasteiger partial charge in [-0.1, -0.05) is 18.2 Å². The van der Waals surface area contributed by atoms with Crippen molar-refractivity contribution < 1.29 is 4.74 Å². The van der Waals surface area contributed by atoms with Crippen LogP contribution in [0.5, 0.6) is 0 Å². The lowest BCUT2D eigenvalue weighted by molar-refractivity contribution is 0.227. The number of epoxide rings is 1. The van der Waals surface area contributed by atoms with Crippen LogP contribution in [0, 0.1) is 0 Å². The summed E-state index contributed by atoms with van der Waals surface area (Å²) in [5, 5.41) is 0. The highest BCUT2D eigenvalue weighted by atomic mass is 16.6. The van der Waals surface area contributed by atoms with Crippen LogP contribution in [0.3, 0.4) is 0 Å². The zero-order valence-electron chi connectivity index (χ0n) is 9.72. The molecule has 2 heterocycles. The summed E-state index contributed by atoms with van der Waals surface area (Å²) in [5.74, 6) is 0. The molecule has 0 spiro atoms. The van der Waals surface area contributed by atoms with Crippen LogP contribution in [0.15, 0.2) is 30.3 Å². The fourth-order valence-electron chi connectivity index (χ4n) is 2.31. The van der Waals surface area contributed by atoms with Gasteiger partial charge in [0.2, 0.25) is 0 Å². The van der Waals surface area contributed by atoms with Crippen LogP contribution in [0.2, 0.25) is 0 Å². The van der Waals surface area contributed by atoms with E-state index in [0.717, 1.165) is 32.9 Å². The van der Waals surface area contributed by atoms with E-state index in [1.807, 2.05) is 0 Å². The minimum Gasteiger partial charge on any atom is -0.369 e. The third kappa shape index (κ3) is 2.06. The van der Waals surface area contributed by atoms with Gasteiger partial charge in [0.15, 0.2) is 0 Å². The van der Waals surface area contributed by atoms with Crippen molar-refractivity contribution in [2.24, 2.45) is 0 Å². The molecule has 1 aromatic carbocycles. The van der Waals surface area contributed by atoms with Crippen LogP contribution >= 0.6 is 0 Å². The largest absolute Gasteiger partial charge is 0.369 e. The minimum absolute atomic E-state index is 0.146. The van der Waals surface area contributed by atoms with Gasteiger partial charge >= 0.3 is 0 Å². The van der Waals surface area contributed by atoms with Gasteiger partial charge in [-0.3, -0.25) is 4.90 Å². The van der Waals surface area contributed by atoms with E-state index in [2.05, 4.69) is 47.1 Å². The number of nitrogens with zero attached hydrogens (tertiary/aromatic N) is 2. The molecular weight excluding hydrogens is 200 g/mol. The maximum absolute atomic E-state index is 5.44. The Morgan fingerprint density at radius 1 is 1.25 bits per heavy atom. The van der Waals surface area contributed by atoms with Crippen molar-refractivity contribution in [2.45, 2.75) is 12.5 Å². The molecule has 0 aromatic heterocycles. The van der Waals surface area contributed by atoms with Crippen LogP contribution in [-0.4, -0.2) is 43.4 Å². The van der Waals surface area contributed by atoms with Gasteiger partial charge in [-0.2, -0.15) is 0 Å². The Bertz CT molecular complexity index is 361. The first-order valence-electron chi connectivity index (χ1n) is 5.92. The molecule has 0 N–H and O–H groups in total. The van der Waals surface area contributed by atoms with E-state index < -0.39 is 0 Å². The van der Waals surface area contributed by atoms with E-state index in [1.54, 1.807) is 0 Å². The van der Waals surface area contributed by atoms with Crippen molar-refractivity contribution in [3.63, 3.8) is 0 Å². The summed E-state index contributed by atoms with van der Waals surface area (Å²) >= 11 is 0. The number of anilines is 1. The second kappa shape index (κ2) is 3.75. The quantitative estimate of drug-likeness (QED) is 0.717. The van der Waals surface area contributed by atoms with Gasteiger partial charge in [0.25, 0.3) is 0 Å². The Kier molecular flexibility index (Phi) is 2.37. The number of para-hydroxylation sites is 1. The van der Waals surface area contributed by atoms with E-state index in [9.17, 15) is 0 Å². The molecule has 3 nitrogen and oxygen atoms in total. The molecule has 86 valence electrons. The second-order valence-corrected chi connectivity index (χ2v) is 5.03. The molecule has 16 heavy (non-hydrogen) atoms. The summed E-state index contributed by atoms with van der Waals surface area (Å²) in [4.78, 5) is 4.89. The summed E-state index contributed by atoms with van der Waals surface area (Å²) < 4.78 is 5.44. The fraction of sp³-hybridized carbons (Fsp3) is 0.538. The van der Waals surface area contributed by atoms with Gasteiger partial charge in [-0.15, -0.1) is 0 Å².